The monoisotopic (exact) mass is 275 g/mol. The normalized spacial score (nSPS) is 10.8. The fourth-order valence-corrected chi connectivity index (χ4v) is 2.06. The van der Waals surface area contributed by atoms with Gasteiger partial charge in [0.15, 0.2) is 0 Å². The lowest BCUT2D eigenvalue weighted by Crippen LogP contribution is -1.97. The van der Waals surface area contributed by atoms with E-state index in [-0.39, 0.29) is 5.76 Å². The zero-order valence-electron chi connectivity index (χ0n) is 11.9. The molecule has 0 atom stereocenters. The Morgan fingerprint density at radius 2 is 2.10 bits per heavy atom. The molecule has 0 spiro atoms. The van der Waals surface area contributed by atoms with Gasteiger partial charge in [0.25, 0.3) is 0 Å². The van der Waals surface area contributed by atoms with Crippen molar-refractivity contribution in [1.29, 1.82) is 0 Å². The number of hydrogen-bond donors (Lipinski definition) is 1. The Morgan fingerprint density at radius 1 is 1.40 bits per heavy atom. The summed E-state index contributed by atoms with van der Waals surface area (Å²) in [5.74, 6) is -0.272. The Bertz CT molecular complexity index is 643. The molecular weight excluding hydrogens is 258 g/mol. The quantitative estimate of drug-likeness (QED) is 0.924. The average molecular weight is 275 g/mol. The van der Waals surface area contributed by atoms with Gasteiger partial charge < -0.3 is 14.4 Å². The zero-order chi connectivity index (χ0) is 14.9. The second-order valence-electron chi connectivity index (χ2n) is 4.90. The smallest absolute Gasteiger partial charge is 0.375 e. The van der Waals surface area contributed by atoms with Gasteiger partial charge in [0.2, 0.25) is 5.76 Å². The molecule has 0 fully saturated rings. The molecule has 2 aromatic rings. The first kappa shape index (κ1) is 14.1. The first-order valence-electron chi connectivity index (χ1n) is 6.33. The highest BCUT2D eigenvalue weighted by molar-refractivity contribution is 5.88. The van der Waals surface area contributed by atoms with Crippen LogP contribution in [0.4, 0.5) is 0 Å². The molecule has 5 nitrogen and oxygen atoms in total. The van der Waals surface area contributed by atoms with Gasteiger partial charge in [0.05, 0.1) is 7.11 Å². The van der Waals surface area contributed by atoms with Crippen LogP contribution in [0.1, 0.15) is 41.4 Å². The van der Waals surface area contributed by atoms with Crippen LogP contribution < -0.4 is 4.74 Å². The molecule has 0 amide bonds. The van der Waals surface area contributed by atoms with E-state index in [0.29, 0.717) is 22.9 Å². The van der Waals surface area contributed by atoms with Crippen LogP contribution in [0.2, 0.25) is 0 Å². The van der Waals surface area contributed by atoms with Crippen molar-refractivity contribution in [2.45, 2.75) is 26.7 Å². The maximum absolute atomic E-state index is 11.0. The number of carboxylic acid groups (broad SMARTS) is 1. The molecule has 1 aromatic heterocycles. The third kappa shape index (κ3) is 2.39. The molecule has 5 heteroatoms. The molecule has 0 aliphatic rings. The van der Waals surface area contributed by atoms with Gasteiger partial charge in [-0.05, 0) is 30.5 Å². The van der Waals surface area contributed by atoms with E-state index >= 15 is 0 Å². The number of benzene rings is 1. The lowest BCUT2D eigenvalue weighted by atomic mass is 9.97. The zero-order valence-corrected chi connectivity index (χ0v) is 11.9. The molecule has 1 heterocycles. The summed E-state index contributed by atoms with van der Waals surface area (Å²) >= 11 is 0. The van der Waals surface area contributed by atoms with Gasteiger partial charge >= 0.3 is 5.97 Å². The largest absolute Gasteiger partial charge is 0.496 e. The van der Waals surface area contributed by atoms with E-state index in [4.69, 9.17) is 14.4 Å². The number of aromatic nitrogens is 1. The molecule has 106 valence electrons. The van der Waals surface area contributed by atoms with Gasteiger partial charge in [-0.1, -0.05) is 25.1 Å². The summed E-state index contributed by atoms with van der Waals surface area (Å²) in [6, 6.07) is 5.81. The van der Waals surface area contributed by atoms with Crippen molar-refractivity contribution in [3.8, 4) is 17.0 Å². The molecule has 0 radical (unpaired) electrons. The third-order valence-corrected chi connectivity index (χ3v) is 3.26. The first-order chi connectivity index (χ1) is 9.45. The van der Waals surface area contributed by atoms with Crippen LogP contribution in [-0.4, -0.2) is 23.3 Å². The predicted molar refractivity (Wildman–Crippen MR) is 74.3 cm³/mol. The fraction of sp³-hybridized carbons (Fsp3) is 0.333. The summed E-state index contributed by atoms with van der Waals surface area (Å²) < 4.78 is 10.2. The van der Waals surface area contributed by atoms with E-state index in [0.717, 1.165) is 11.1 Å². The molecular formula is C15H17NO4. The minimum atomic E-state index is -1.12. The van der Waals surface area contributed by atoms with Crippen molar-refractivity contribution in [3.05, 3.63) is 35.1 Å². The van der Waals surface area contributed by atoms with Crippen molar-refractivity contribution in [1.82, 2.24) is 5.16 Å². The molecule has 0 aliphatic carbocycles. The molecule has 0 unspecified atom stereocenters. The number of carbonyl (C=O) groups is 1. The standard InChI is InChI=1S/C15H17NO4/c1-8(2)10-5-6-12(19-4)11(7-10)13-9(3)14(15(17)18)20-16-13/h5-8H,1-4H3,(H,17,18). The van der Waals surface area contributed by atoms with Gasteiger partial charge in [-0.15, -0.1) is 0 Å². The van der Waals surface area contributed by atoms with Crippen molar-refractivity contribution in [2.75, 3.05) is 7.11 Å². The van der Waals surface area contributed by atoms with E-state index in [1.54, 1.807) is 14.0 Å². The molecule has 0 saturated heterocycles. The first-order valence-corrected chi connectivity index (χ1v) is 6.33. The SMILES string of the molecule is COc1ccc(C(C)C)cc1-c1noc(C(=O)O)c1C. The number of hydrogen-bond acceptors (Lipinski definition) is 4. The molecule has 1 N–H and O–H groups in total. The van der Waals surface area contributed by atoms with Gasteiger partial charge in [0, 0.05) is 11.1 Å². The van der Waals surface area contributed by atoms with Crippen LogP contribution in [0.15, 0.2) is 22.7 Å². The maximum Gasteiger partial charge on any atom is 0.375 e. The van der Waals surface area contributed by atoms with E-state index in [1.807, 2.05) is 18.2 Å². The summed E-state index contributed by atoms with van der Waals surface area (Å²) in [5.41, 5.74) is 2.87. The number of rotatable bonds is 4. The molecule has 20 heavy (non-hydrogen) atoms. The summed E-state index contributed by atoms with van der Waals surface area (Å²) in [6.45, 7) is 5.85. The summed E-state index contributed by atoms with van der Waals surface area (Å²) in [5, 5.41) is 12.9. The molecule has 0 bridgehead atoms. The minimum absolute atomic E-state index is 0.142. The van der Waals surface area contributed by atoms with Crippen LogP contribution in [-0.2, 0) is 0 Å². The maximum atomic E-state index is 11.0. The minimum Gasteiger partial charge on any atom is -0.496 e. The summed E-state index contributed by atoms with van der Waals surface area (Å²) in [7, 11) is 1.57. The van der Waals surface area contributed by atoms with Gasteiger partial charge in [-0.25, -0.2) is 4.79 Å². The number of nitrogens with zero attached hydrogens (tertiary/aromatic N) is 1. The number of aromatic carboxylic acids is 1. The van der Waals surface area contributed by atoms with Crippen molar-refractivity contribution in [3.63, 3.8) is 0 Å². The highest BCUT2D eigenvalue weighted by Gasteiger charge is 2.21. The Kier molecular flexibility index (Phi) is 3.79. The molecule has 2 rings (SSSR count). The Balaban J connectivity index is 2.61. The van der Waals surface area contributed by atoms with E-state index in [9.17, 15) is 4.79 Å². The second kappa shape index (κ2) is 5.36. The van der Waals surface area contributed by atoms with Crippen molar-refractivity contribution >= 4 is 5.97 Å². The second-order valence-corrected chi connectivity index (χ2v) is 4.90. The number of carboxylic acids is 1. The van der Waals surface area contributed by atoms with Gasteiger partial charge in [-0.3, -0.25) is 0 Å². The van der Waals surface area contributed by atoms with Crippen LogP contribution in [0.3, 0.4) is 0 Å². The van der Waals surface area contributed by atoms with E-state index in [2.05, 4.69) is 19.0 Å². The van der Waals surface area contributed by atoms with Crippen LogP contribution >= 0.6 is 0 Å². The molecule has 0 saturated carbocycles. The lowest BCUT2D eigenvalue weighted by Gasteiger charge is -2.11. The van der Waals surface area contributed by atoms with Gasteiger partial charge in [0.1, 0.15) is 11.4 Å². The fourth-order valence-electron chi connectivity index (χ4n) is 2.06. The number of methoxy groups -OCH3 is 1. The highest BCUT2D eigenvalue weighted by Crippen LogP contribution is 2.34. The molecule has 0 aliphatic heterocycles. The Labute approximate surface area is 117 Å². The average Bonchev–Trinajstić information content (AvgIpc) is 2.79. The van der Waals surface area contributed by atoms with Crippen molar-refractivity contribution in [2.24, 2.45) is 0 Å². The Hall–Kier alpha value is -2.30. The van der Waals surface area contributed by atoms with Crippen LogP contribution in [0.5, 0.6) is 5.75 Å². The number of ether oxygens (including phenoxy) is 1. The Morgan fingerprint density at radius 3 is 2.60 bits per heavy atom. The predicted octanol–water partition coefficient (Wildman–Crippen LogP) is 3.48. The van der Waals surface area contributed by atoms with Crippen molar-refractivity contribution < 1.29 is 19.2 Å². The van der Waals surface area contributed by atoms with Crippen LogP contribution in [0, 0.1) is 6.92 Å². The molecule has 1 aromatic carbocycles. The summed E-state index contributed by atoms with van der Waals surface area (Å²) in [4.78, 5) is 11.0. The third-order valence-electron chi connectivity index (χ3n) is 3.26. The van der Waals surface area contributed by atoms with Crippen LogP contribution in [0.25, 0.3) is 11.3 Å². The van der Waals surface area contributed by atoms with E-state index < -0.39 is 5.97 Å². The lowest BCUT2D eigenvalue weighted by molar-refractivity contribution is 0.0651. The van der Waals surface area contributed by atoms with E-state index in [1.165, 1.54) is 0 Å². The highest BCUT2D eigenvalue weighted by atomic mass is 16.5. The summed E-state index contributed by atoms with van der Waals surface area (Å²) in [6.07, 6.45) is 0. The topological polar surface area (TPSA) is 72.6 Å². The van der Waals surface area contributed by atoms with Gasteiger partial charge in [-0.2, -0.15) is 0 Å².